The van der Waals surface area contributed by atoms with E-state index in [1.54, 1.807) is 12.1 Å². The van der Waals surface area contributed by atoms with Crippen molar-refractivity contribution in [2.75, 3.05) is 13.2 Å². The van der Waals surface area contributed by atoms with Crippen molar-refractivity contribution < 1.29 is 14.3 Å². The van der Waals surface area contributed by atoms with Crippen LogP contribution in [0.2, 0.25) is 0 Å². The Morgan fingerprint density at radius 3 is 2.44 bits per heavy atom. The SMILES string of the molecule is CCNC(=O)c1cccc(CNC(=O)COc2ccccc2C(C)(C)C)c1. The standard InChI is InChI=1S/C22H28N2O3/c1-5-23-21(26)17-10-8-9-16(13-17)14-24-20(25)15-27-19-12-7-6-11-18(19)22(2,3)4/h6-13H,5,14-15H2,1-4H3,(H,23,26)(H,24,25). The summed E-state index contributed by atoms with van der Waals surface area (Å²) in [7, 11) is 0. The van der Waals surface area contributed by atoms with Gasteiger partial charge in [0.1, 0.15) is 5.75 Å². The molecule has 0 aliphatic heterocycles. The van der Waals surface area contributed by atoms with Crippen LogP contribution < -0.4 is 15.4 Å². The average molecular weight is 368 g/mol. The Morgan fingerprint density at radius 1 is 1.00 bits per heavy atom. The van der Waals surface area contributed by atoms with Gasteiger partial charge in [-0.3, -0.25) is 9.59 Å². The molecule has 0 saturated heterocycles. The van der Waals surface area contributed by atoms with Gasteiger partial charge in [-0.1, -0.05) is 51.1 Å². The molecule has 144 valence electrons. The first kappa shape index (κ1) is 20.5. The molecule has 2 amide bonds. The average Bonchev–Trinajstić information content (AvgIpc) is 2.64. The van der Waals surface area contributed by atoms with Gasteiger partial charge in [-0.25, -0.2) is 0 Å². The van der Waals surface area contributed by atoms with E-state index >= 15 is 0 Å². The fourth-order valence-electron chi connectivity index (χ4n) is 2.69. The van der Waals surface area contributed by atoms with Crippen molar-refractivity contribution in [2.45, 2.75) is 39.7 Å². The second-order valence-corrected chi connectivity index (χ2v) is 7.37. The number of ether oxygens (including phenoxy) is 1. The summed E-state index contributed by atoms with van der Waals surface area (Å²) in [5, 5.41) is 5.59. The van der Waals surface area contributed by atoms with Crippen molar-refractivity contribution >= 4 is 11.8 Å². The molecule has 0 aliphatic rings. The second-order valence-electron chi connectivity index (χ2n) is 7.37. The molecule has 0 fully saturated rings. The third kappa shape index (κ3) is 6.13. The Morgan fingerprint density at radius 2 is 1.74 bits per heavy atom. The largest absolute Gasteiger partial charge is 0.483 e. The summed E-state index contributed by atoms with van der Waals surface area (Å²) in [6.07, 6.45) is 0. The Hall–Kier alpha value is -2.82. The lowest BCUT2D eigenvalue weighted by Crippen LogP contribution is -2.29. The summed E-state index contributed by atoms with van der Waals surface area (Å²) in [4.78, 5) is 24.0. The molecule has 0 aliphatic carbocycles. The van der Waals surface area contributed by atoms with Crippen molar-refractivity contribution in [1.29, 1.82) is 0 Å². The van der Waals surface area contributed by atoms with Crippen molar-refractivity contribution in [2.24, 2.45) is 0 Å². The molecule has 5 nitrogen and oxygen atoms in total. The number of hydrogen-bond donors (Lipinski definition) is 2. The van der Waals surface area contributed by atoms with Gasteiger partial charge in [-0.2, -0.15) is 0 Å². The number of carbonyl (C=O) groups is 2. The van der Waals surface area contributed by atoms with Crippen LogP contribution in [0.3, 0.4) is 0 Å². The zero-order chi connectivity index (χ0) is 19.9. The molecule has 0 heterocycles. The first-order valence-electron chi connectivity index (χ1n) is 9.17. The molecule has 2 rings (SSSR count). The highest BCUT2D eigenvalue weighted by Gasteiger charge is 2.18. The summed E-state index contributed by atoms with van der Waals surface area (Å²) >= 11 is 0. The van der Waals surface area contributed by atoms with Crippen molar-refractivity contribution in [3.8, 4) is 5.75 Å². The van der Waals surface area contributed by atoms with Gasteiger partial charge >= 0.3 is 0 Å². The zero-order valence-electron chi connectivity index (χ0n) is 16.5. The van der Waals surface area contributed by atoms with Gasteiger partial charge in [0.2, 0.25) is 0 Å². The first-order chi connectivity index (χ1) is 12.8. The molecule has 2 aromatic carbocycles. The van der Waals surface area contributed by atoms with Crippen molar-refractivity contribution in [1.82, 2.24) is 10.6 Å². The van der Waals surface area contributed by atoms with Gasteiger partial charge in [0, 0.05) is 18.7 Å². The van der Waals surface area contributed by atoms with Crippen LogP contribution in [0.4, 0.5) is 0 Å². The number of benzene rings is 2. The Labute approximate surface area is 161 Å². The van der Waals surface area contributed by atoms with E-state index in [9.17, 15) is 9.59 Å². The molecule has 2 N–H and O–H groups in total. The van der Waals surface area contributed by atoms with E-state index in [0.29, 0.717) is 18.7 Å². The lowest BCUT2D eigenvalue weighted by Gasteiger charge is -2.22. The maximum atomic E-state index is 12.2. The van der Waals surface area contributed by atoms with Gasteiger partial charge in [-0.05, 0) is 41.7 Å². The van der Waals surface area contributed by atoms with Gasteiger partial charge in [-0.15, -0.1) is 0 Å². The number of amides is 2. The normalized spacial score (nSPS) is 11.0. The number of hydrogen-bond acceptors (Lipinski definition) is 3. The molecular formula is C22H28N2O3. The van der Waals surface area contributed by atoms with E-state index in [1.165, 1.54) is 0 Å². The summed E-state index contributed by atoms with van der Waals surface area (Å²) < 4.78 is 5.73. The molecule has 2 aromatic rings. The maximum absolute atomic E-state index is 12.2. The van der Waals surface area contributed by atoms with E-state index in [-0.39, 0.29) is 23.8 Å². The minimum Gasteiger partial charge on any atom is -0.483 e. The number of para-hydroxylation sites is 1. The third-order valence-corrected chi connectivity index (χ3v) is 4.07. The molecule has 0 bridgehead atoms. The first-order valence-corrected chi connectivity index (χ1v) is 9.17. The van der Waals surface area contributed by atoms with E-state index in [4.69, 9.17) is 4.74 Å². The molecule has 0 saturated carbocycles. The maximum Gasteiger partial charge on any atom is 0.258 e. The van der Waals surface area contributed by atoms with Gasteiger partial charge < -0.3 is 15.4 Å². The lowest BCUT2D eigenvalue weighted by atomic mass is 9.86. The number of carbonyl (C=O) groups excluding carboxylic acids is 2. The summed E-state index contributed by atoms with van der Waals surface area (Å²) in [5.41, 5.74) is 2.45. The molecule has 5 heteroatoms. The zero-order valence-corrected chi connectivity index (χ0v) is 16.5. The predicted molar refractivity (Wildman–Crippen MR) is 107 cm³/mol. The van der Waals surface area contributed by atoms with E-state index < -0.39 is 0 Å². The fourth-order valence-corrected chi connectivity index (χ4v) is 2.69. The van der Waals surface area contributed by atoms with Crippen molar-refractivity contribution in [3.63, 3.8) is 0 Å². The predicted octanol–water partition coefficient (Wildman–Crippen LogP) is 3.43. The Bertz CT molecular complexity index is 794. The minimum absolute atomic E-state index is 0.0525. The smallest absolute Gasteiger partial charge is 0.258 e. The van der Waals surface area contributed by atoms with E-state index in [1.807, 2.05) is 43.3 Å². The van der Waals surface area contributed by atoms with Gasteiger partial charge in [0.25, 0.3) is 11.8 Å². The van der Waals surface area contributed by atoms with Crippen LogP contribution >= 0.6 is 0 Å². The van der Waals surface area contributed by atoms with E-state index in [0.717, 1.165) is 16.9 Å². The van der Waals surface area contributed by atoms with Gasteiger partial charge in [0.05, 0.1) is 0 Å². The topological polar surface area (TPSA) is 67.4 Å². The molecule has 0 spiro atoms. The third-order valence-electron chi connectivity index (χ3n) is 4.07. The molecule has 0 unspecified atom stereocenters. The lowest BCUT2D eigenvalue weighted by molar-refractivity contribution is -0.123. The van der Waals surface area contributed by atoms with Crippen LogP contribution in [-0.4, -0.2) is 25.0 Å². The molecule has 0 atom stereocenters. The second kappa shape index (κ2) is 9.21. The van der Waals surface area contributed by atoms with Crippen LogP contribution in [0, 0.1) is 0 Å². The van der Waals surface area contributed by atoms with E-state index in [2.05, 4.69) is 31.4 Å². The number of rotatable bonds is 7. The highest BCUT2D eigenvalue weighted by atomic mass is 16.5. The van der Waals surface area contributed by atoms with Crippen LogP contribution in [-0.2, 0) is 16.8 Å². The molecule has 0 radical (unpaired) electrons. The van der Waals surface area contributed by atoms with Gasteiger partial charge in [0.15, 0.2) is 6.61 Å². The van der Waals surface area contributed by atoms with Crippen LogP contribution in [0.15, 0.2) is 48.5 Å². The quantitative estimate of drug-likeness (QED) is 0.787. The molecule has 27 heavy (non-hydrogen) atoms. The molecule has 0 aromatic heterocycles. The fraction of sp³-hybridized carbons (Fsp3) is 0.364. The highest BCUT2D eigenvalue weighted by molar-refractivity contribution is 5.94. The van der Waals surface area contributed by atoms with Crippen molar-refractivity contribution in [3.05, 3.63) is 65.2 Å². The Kier molecular flexibility index (Phi) is 6.99. The van der Waals surface area contributed by atoms with Crippen LogP contribution in [0.25, 0.3) is 0 Å². The summed E-state index contributed by atoms with van der Waals surface area (Å²) in [6.45, 7) is 9.07. The minimum atomic E-state index is -0.206. The molecular weight excluding hydrogens is 340 g/mol. The summed E-state index contributed by atoms with van der Waals surface area (Å²) in [6, 6.07) is 15.0. The highest BCUT2D eigenvalue weighted by Crippen LogP contribution is 2.30. The van der Waals surface area contributed by atoms with Crippen LogP contribution in [0.1, 0.15) is 49.2 Å². The van der Waals surface area contributed by atoms with Crippen LogP contribution in [0.5, 0.6) is 5.75 Å². The number of nitrogens with one attached hydrogen (secondary N) is 2. The monoisotopic (exact) mass is 368 g/mol. The summed E-state index contributed by atoms with van der Waals surface area (Å²) in [5.74, 6) is 0.397. The Balaban J connectivity index is 1.91.